The van der Waals surface area contributed by atoms with Crippen molar-refractivity contribution in [1.82, 2.24) is 15.3 Å². The number of H-pyrrole nitrogens is 1. The Bertz CT molecular complexity index is 1010. The van der Waals surface area contributed by atoms with Crippen LogP contribution in [0.2, 0.25) is 0 Å². The van der Waals surface area contributed by atoms with Crippen molar-refractivity contribution in [2.24, 2.45) is 0 Å². The van der Waals surface area contributed by atoms with Crippen molar-refractivity contribution >= 4 is 28.3 Å². The third-order valence-corrected chi connectivity index (χ3v) is 4.58. The van der Waals surface area contributed by atoms with E-state index in [9.17, 15) is 14.4 Å². The molecule has 27 heavy (non-hydrogen) atoms. The van der Waals surface area contributed by atoms with E-state index < -0.39 is 11.5 Å². The summed E-state index contributed by atoms with van der Waals surface area (Å²) >= 11 is 1.29. The Balaban J connectivity index is 1.65. The second-order valence-corrected chi connectivity index (χ2v) is 6.69. The number of hydrogen-bond acceptors (Lipinski definition) is 5. The van der Waals surface area contributed by atoms with Crippen LogP contribution in [0.15, 0.2) is 52.8 Å². The van der Waals surface area contributed by atoms with E-state index in [0.29, 0.717) is 11.7 Å². The molecule has 0 aliphatic heterocycles. The fourth-order valence-corrected chi connectivity index (χ4v) is 3.17. The van der Waals surface area contributed by atoms with Crippen molar-refractivity contribution in [3.63, 3.8) is 0 Å². The van der Waals surface area contributed by atoms with E-state index in [4.69, 9.17) is 0 Å². The molecule has 2 aromatic heterocycles. The van der Waals surface area contributed by atoms with Gasteiger partial charge >= 0.3 is 0 Å². The van der Waals surface area contributed by atoms with Gasteiger partial charge in [0.05, 0.1) is 5.69 Å². The van der Waals surface area contributed by atoms with Gasteiger partial charge in [0.2, 0.25) is 5.91 Å². The zero-order valence-electron chi connectivity index (χ0n) is 14.6. The summed E-state index contributed by atoms with van der Waals surface area (Å²) in [4.78, 5) is 41.6. The molecule has 2 amide bonds. The fourth-order valence-electron chi connectivity index (χ4n) is 2.45. The number of anilines is 1. The lowest BCUT2D eigenvalue weighted by Crippen LogP contribution is -2.22. The van der Waals surface area contributed by atoms with Crippen LogP contribution in [-0.2, 0) is 11.2 Å². The van der Waals surface area contributed by atoms with Crippen LogP contribution < -0.4 is 16.2 Å². The molecule has 0 bridgehead atoms. The fraction of sp³-hybridized carbons (Fsp3) is 0.158. The number of hydrogen-bond donors (Lipinski definition) is 3. The molecule has 3 rings (SSSR count). The van der Waals surface area contributed by atoms with Crippen molar-refractivity contribution in [1.29, 1.82) is 0 Å². The molecule has 0 radical (unpaired) electrons. The van der Waals surface area contributed by atoms with Gasteiger partial charge < -0.3 is 10.3 Å². The van der Waals surface area contributed by atoms with Crippen LogP contribution in [0.25, 0.3) is 11.3 Å². The Hall–Kier alpha value is -3.26. The Morgan fingerprint density at radius 2 is 1.96 bits per heavy atom. The molecule has 0 saturated carbocycles. The van der Waals surface area contributed by atoms with Gasteiger partial charge in [0, 0.05) is 30.6 Å². The predicted octanol–water partition coefficient (Wildman–Crippen LogP) is 2.43. The van der Waals surface area contributed by atoms with Gasteiger partial charge in [0.15, 0.2) is 5.13 Å². The molecule has 8 heteroatoms. The Morgan fingerprint density at radius 3 is 2.67 bits per heavy atom. The highest BCUT2D eigenvalue weighted by molar-refractivity contribution is 7.14. The zero-order chi connectivity index (χ0) is 19.2. The topological polar surface area (TPSA) is 104 Å². The summed E-state index contributed by atoms with van der Waals surface area (Å²) in [6.45, 7) is 2.09. The molecule has 138 valence electrons. The number of nitrogens with one attached hydrogen (secondary N) is 3. The van der Waals surface area contributed by atoms with Crippen LogP contribution in [0.3, 0.4) is 0 Å². The third-order valence-electron chi connectivity index (χ3n) is 3.82. The van der Waals surface area contributed by atoms with E-state index in [1.54, 1.807) is 6.07 Å². The lowest BCUT2D eigenvalue weighted by molar-refractivity contribution is -0.118. The van der Waals surface area contributed by atoms with E-state index in [-0.39, 0.29) is 11.5 Å². The predicted molar refractivity (Wildman–Crippen MR) is 105 cm³/mol. The molecule has 2 heterocycles. The molecule has 0 atom stereocenters. The number of carbonyl (C=O) groups excluding carboxylic acids is 2. The first-order valence-electron chi connectivity index (χ1n) is 8.31. The van der Waals surface area contributed by atoms with E-state index >= 15 is 0 Å². The van der Waals surface area contributed by atoms with Gasteiger partial charge in [-0.2, -0.15) is 0 Å². The number of pyridine rings is 1. The standard InChI is InChI=1S/C19H18N4O3S/c1-12(24)20-10-8-13-4-6-14(7-5-13)16-11-27-19(22-16)23-18(26)15-3-2-9-21-17(15)25/h2-7,9,11H,8,10H2,1H3,(H,20,24)(H,21,25)(H,22,23,26). The summed E-state index contributed by atoms with van der Waals surface area (Å²) in [6, 6.07) is 10.9. The third kappa shape index (κ3) is 4.89. The number of benzene rings is 1. The van der Waals surface area contributed by atoms with Gasteiger partial charge in [-0.3, -0.25) is 19.7 Å². The highest BCUT2D eigenvalue weighted by Crippen LogP contribution is 2.25. The average molecular weight is 382 g/mol. The summed E-state index contributed by atoms with van der Waals surface area (Å²) in [5.74, 6) is -0.535. The van der Waals surface area contributed by atoms with Crippen LogP contribution in [0.1, 0.15) is 22.8 Å². The van der Waals surface area contributed by atoms with E-state index in [1.165, 1.54) is 30.5 Å². The van der Waals surface area contributed by atoms with Crippen LogP contribution in [0.5, 0.6) is 0 Å². The van der Waals surface area contributed by atoms with Crippen LogP contribution in [0.4, 0.5) is 5.13 Å². The first-order valence-corrected chi connectivity index (χ1v) is 9.19. The van der Waals surface area contributed by atoms with Crippen molar-refractivity contribution in [3.05, 3.63) is 69.5 Å². The number of nitrogens with zero attached hydrogens (tertiary/aromatic N) is 1. The highest BCUT2D eigenvalue weighted by atomic mass is 32.1. The summed E-state index contributed by atoms with van der Waals surface area (Å²) in [5.41, 5.74) is 2.37. The summed E-state index contributed by atoms with van der Waals surface area (Å²) in [6.07, 6.45) is 2.23. The van der Waals surface area contributed by atoms with Gasteiger partial charge in [-0.15, -0.1) is 11.3 Å². The van der Waals surface area contributed by atoms with Crippen molar-refractivity contribution < 1.29 is 9.59 Å². The number of thiazole rings is 1. The summed E-state index contributed by atoms with van der Waals surface area (Å²) < 4.78 is 0. The van der Waals surface area contributed by atoms with Gasteiger partial charge in [-0.25, -0.2) is 4.98 Å². The second kappa shape index (κ2) is 8.41. The van der Waals surface area contributed by atoms with Crippen LogP contribution in [0, 0.1) is 0 Å². The Kier molecular flexibility index (Phi) is 5.77. The maximum absolute atomic E-state index is 12.2. The maximum atomic E-state index is 12.2. The van der Waals surface area contributed by atoms with Gasteiger partial charge in [-0.1, -0.05) is 24.3 Å². The number of amides is 2. The zero-order valence-corrected chi connectivity index (χ0v) is 15.4. The van der Waals surface area contributed by atoms with Crippen molar-refractivity contribution in [2.75, 3.05) is 11.9 Å². The molecule has 0 saturated heterocycles. The maximum Gasteiger partial charge on any atom is 0.263 e. The lowest BCUT2D eigenvalue weighted by Gasteiger charge is -2.04. The SMILES string of the molecule is CC(=O)NCCc1ccc(-c2csc(NC(=O)c3ccc[nH]c3=O)n2)cc1. The lowest BCUT2D eigenvalue weighted by atomic mass is 10.1. The van der Waals surface area contributed by atoms with Gasteiger partial charge in [0.25, 0.3) is 11.5 Å². The molecule has 0 aliphatic carbocycles. The number of aromatic nitrogens is 2. The van der Waals surface area contributed by atoms with E-state index in [2.05, 4.69) is 20.6 Å². The highest BCUT2D eigenvalue weighted by Gasteiger charge is 2.12. The first-order chi connectivity index (χ1) is 13.0. The minimum absolute atomic E-state index is 0.0396. The largest absolute Gasteiger partial charge is 0.356 e. The monoisotopic (exact) mass is 382 g/mol. The normalized spacial score (nSPS) is 10.4. The Labute approximate surface area is 159 Å². The molecule has 3 aromatic rings. The van der Waals surface area contributed by atoms with E-state index in [1.807, 2.05) is 29.6 Å². The van der Waals surface area contributed by atoms with Crippen LogP contribution in [-0.4, -0.2) is 28.3 Å². The molecule has 1 aromatic carbocycles. The van der Waals surface area contributed by atoms with E-state index in [0.717, 1.165) is 23.2 Å². The van der Waals surface area contributed by atoms with Gasteiger partial charge in [-0.05, 0) is 24.1 Å². The molecule has 7 nitrogen and oxygen atoms in total. The molecular formula is C19H18N4O3S. The molecule has 0 spiro atoms. The number of aromatic amines is 1. The molecule has 3 N–H and O–H groups in total. The van der Waals surface area contributed by atoms with Crippen LogP contribution >= 0.6 is 11.3 Å². The molecule has 0 aliphatic rings. The smallest absolute Gasteiger partial charge is 0.263 e. The summed E-state index contributed by atoms with van der Waals surface area (Å²) in [7, 11) is 0. The van der Waals surface area contributed by atoms with Crippen molar-refractivity contribution in [3.8, 4) is 11.3 Å². The van der Waals surface area contributed by atoms with Gasteiger partial charge in [0.1, 0.15) is 5.56 Å². The minimum Gasteiger partial charge on any atom is -0.356 e. The first kappa shape index (κ1) is 18.5. The second-order valence-electron chi connectivity index (χ2n) is 5.83. The average Bonchev–Trinajstić information content (AvgIpc) is 3.11. The summed E-state index contributed by atoms with van der Waals surface area (Å²) in [5, 5.41) is 7.68. The quantitative estimate of drug-likeness (QED) is 0.609. The molecular weight excluding hydrogens is 364 g/mol. The van der Waals surface area contributed by atoms with Crippen molar-refractivity contribution in [2.45, 2.75) is 13.3 Å². The Morgan fingerprint density at radius 1 is 1.19 bits per heavy atom. The minimum atomic E-state index is -0.494. The molecule has 0 unspecified atom stereocenters. The number of rotatable bonds is 6. The molecule has 0 fully saturated rings. The number of carbonyl (C=O) groups is 2.